The van der Waals surface area contributed by atoms with Gasteiger partial charge in [0.2, 0.25) is 0 Å². The first-order valence-electron chi connectivity index (χ1n) is 17.5. The van der Waals surface area contributed by atoms with E-state index < -0.39 is 0 Å². The zero-order valence-electron chi connectivity index (χ0n) is 30.0. The third-order valence-corrected chi connectivity index (χ3v) is 10.3. The molecule has 50 heavy (non-hydrogen) atoms. The Kier molecular flexibility index (Phi) is 19.6. The lowest BCUT2D eigenvalue weighted by Crippen LogP contribution is -3.00. The van der Waals surface area contributed by atoms with Crippen LogP contribution in [0, 0.1) is 20.2 Å². The maximum absolute atomic E-state index is 13.2. The van der Waals surface area contributed by atoms with Gasteiger partial charge in [0.25, 0.3) is 16.9 Å². The van der Waals surface area contributed by atoms with Gasteiger partial charge in [0, 0.05) is 37.5 Å². The average Bonchev–Trinajstić information content (AvgIpc) is 3.09. The summed E-state index contributed by atoms with van der Waals surface area (Å²) in [5, 5.41) is 23.1. The van der Waals surface area contributed by atoms with Gasteiger partial charge in [-0.2, -0.15) is 0 Å². The van der Waals surface area contributed by atoms with E-state index >= 15 is 0 Å². The molecule has 0 spiro atoms. The number of nitro benzene ring substituents is 2. The molecule has 0 aliphatic rings. The summed E-state index contributed by atoms with van der Waals surface area (Å²) in [6, 6.07) is 15.4. The molecule has 0 amide bonds. The second kappa shape index (κ2) is 21.9. The number of quaternary nitrogens is 2. The van der Waals surface area contributed by atoms with Gasteiger partial charge in [-0.05, 0) is 78.4 Å². The lowest BCUT2D eigenvalue weighted by atomic mass is 10.1. The number of para-hydroxylation sites is 2. The Morgan fingerprint density at radius 1 is 0.600 bits per heavy atom. The first kappa shape index (κ1) is 44.8. The summed E-state index contributed by atoms with van der Waals surface area (Å²) in [6.07, 6.45) is 6.67. The second-order valence-electron chi connectivity index (χ2n) is 12.9. The van der Waals surface area contributed by atoms with Crippen molar-refractivity contribution < 1.29 is 52.8 Å². The number of aryl methyl sites for hydroxylation is 1. The third-order valence-electron chi connectivity index (χ3n) is 10.3. The highest BCUT2D eigenvalue weighted by Crippen LogP contribution is 2.25. The number of nitrogens with zero attached hydrogens (tertiary/aromatic N) is 6. The molecule has 0 N–H and O–H groups in total. The van der Waals surface area contributed by atoms with Gasteiger partial charge in [0.1, 0.15) is 13.1 Å². The molecule has 0 aliphatic heterocycles. The van der Waals surface area contributed by atoms with E-state index in [1.54, 1.807) is 35.0 Å². The molecule has 278 valence electrons. The van der Waals surface area contributed by atoms with E-state index in [-0.39, 0.29) is 66.4 Å². The molecule has 0 radical (unpaired) electrons. The van der Waals surface area contributed by atoms with Crippen molar-refractivity contribution in [2.75, 3.05) is 39.3 Å². The van der Waals surface area contributed by atoms with Crippen LogP contribution in [-0.2, 0) is 26.2 Å². The molecule has 3 aromatic rings. The highest BCUT2D eigenvalue weighted by molar-refractivity contribution is 5.39. The minimum Gasteiger partial charge on any atom is -1.00 e. The average molecular weight is 827 g/mol. The Labute approximate surface area is 316 Å². The minimum atomic E-state index is -0.313. The van der Waals surface area contributed by atoms with Gasteiger partial charge in [-0.15, -0.1) is 0 Å². The van der Waals surface area contributed by atoms with Crippen LogP contribution in [0.15, 0.2) is 70.4 Å². The van der Waals surface area contributed by atoms with Crippen molar-refractivity contribution in [3.8, 4) is 0 Å². The van der Waals surface area contributed by atoms with Crippen LogP contribution in [0.25, 0.3) is 0 Å². The molecule has 2 aromatic carbocycles. The Balaban J connectivity index is 0.00000625. The fourth-order valence-electron chi connectivity index (χ4n) is 6.79. The van der Waals surface area contributed by atoms with Crippen molar-refractivity contribution in [3.63, 3.8) is 0 Å². The van der Waals surface area contributed by atoms with Crippen LogP contribution in [0.4, 0.5) is 11.4 Å². The molecule has 0 bridgehead atoms. The molecule has 0 saturated heterocycles. The number of halogens is 2. The topological polar surface area (TPSA) is 130 Å². The number of hydrogen-bond acceptors (Lipinski definition) is 6. The lowest BCUT2D eigenvalue weighted by molar-refractivity contribution is -0.938. The molecular weight excluding hydrogens is 772 g/mol. The predicted octanol–water partition coefficient (Wildman–Crippen LogP) is 0.289. The summed E-state index contributed by atoms with van der Waals surface area (Å²) in [6.45, 7) is 15.8. The van der Waals surface area contributed by atoms with E-state index in [0.717, 1.165) is 91.5 Å². The third kappa shape index (κ3) is 12.2. The molecule has 1 heterocycles. The van der Waals surface area contributed by atoms with Crippen LogP contribution >= 0.6 is 0 Å². The molecule has 0 unspecified atom stereocenters. The van der Waals surface area contributed by atoms with Gasteiger partial charge in [-0.1, -0.05) is 24.3 Å². The first-order valence-corrected chi connectivity index (χ1v) is 17.5. The van der Waals surface area contributed by atoms with E-state index in [0.29, 0.717) is 32.6 Å². The fraction of sp³-hybridized carbons (Fsp3) is 0.556. The Morgan fingerprint density at radius 2 is 1.02 bits per heavy atom. The van der Waals surface area contributed by atoms with Crippen molar-refractivity contribution in [2.45, 2.75) is 92.4 Å². The number of aromatic nitrogens is 2. The fourth-order valence-corrected chi connectivity index (χ4v) is 6.79. The molecule has 1 aromatic heterocycles. The van der Waals surface area contributed by atoms with Crippen molar-refractivity contribution in [1.82, 2.24) is 9.13 Å². The highest BCUT2D eigenvalue weighted by atomic mass is 79.9. The van der Waals surface area contributed by atoms with E-state index in [2.05, 4.69) is 27.7 Å². The zero-order chi connectivity index (χ0) is 35.2. The van der Waals surface area contributed by atoms with Crippen molar-refractivity contribution >= 4 is 11.4 Å². The first-order chi connectivity index (χ1) is 23.0. The highest BCUT2D eigenvalue weighted by Gasteiger charge is 2.28. The summed E-state index contributed by atoms with van der Waals surface area (Å²) in [7, 11) is 0. The van der Waals surface area contributed by atoms with Crippen LogP contribution in [-0.4, -0.2) is 67.2 Å². The lowest BCUT2D eigenvalue weighted by Gasteiger charge is -2.37. The molecule has 0 saturated carbocycles. The second-order valence-corrected chi connectivity index (χ2v) is 12.9. The Bertz CT molecular complexity index is 1620. The summed E-state index contributed by atoms with van der Waals surface area (Å²) >= 11 is 0. The molecule has 14 heteroatoms. The smallest absolute Gasteiger partial charge is 0.330 e. The minimum absolute atomic E-state index is 0. The van der Waals surface area contributed by atoms with E-state index in [1.807, 2.05) is 24.3 Å². The molecule has 0 fully saturated rings. The van der Waals surface area contributed by atoms with Gasteiger partial charge >= 0.3 is 5.69 Å². The number of nitro groups is 2. The zero-order valence-corrected chi connectivity index (χ0v) is 33.1. The molecule has 3 rings (SSSR count). The maximum Gasteiger partial charge on any atom is 0.330 e. The monoisotopic (exact) mass is 824 g/mol. The molecular formula is C36H54Br2N6O6. The van der Waals surface area contributed by atoms with Gasteiger partial charge in [0.05, 0.1) is 60.2 Å². The van der Waals surface area contributed by atoms with E-state index in [4.69, 9.17) is 0 Å². The molecule has 0 aliphatic carbocycles. The van der Waals surface area contributed by atoms with Crippen molar-refractivity contribution in [2.24, 2.45) is 0 Å². The number of benzene rings is 2. The quantitative estimate of drug-likeness (QED) is 0.0621. The van der Waals surface area contributed by atoms with Crippen LogP contribution in [0.3, 0.4) is 0 Å². The Morgan fingerprint density at radius 3 is 1.44 bits per heavy atom. The van der Waals surface area contributed by atoms with Crippen molar-refractivity contribution in [3.05, 3.63) is 113 Å². The van der Waals surface area contributed by atoms with Gasteiger partial charge < -0.3 is 47.5 Å². The summed E-state index contributed by atoms with van der Waals surface area (Å²) in [4.78, 5) is 48.3. The number of hydrogen-bond donors (Lipinski definition) is 0. The number of rotatable bonds is 22. The van der Waals surface area contributed by atoms with Crippen LogP contribution in [0.5, 0.6) is 0 Å². The van der Waals surface area contributed by atoms with E-state index in [9.17, 15) is 29.8 Å². The van der Waals surface area contributed by atoms with Crippen molar-refractivity contribution in [1.29, 1.82) is 0 Å². The summed E-state index contributed by atoms with van der Waals surface area (Å²) < 4.78 is 4.46. The van der Waals surface area contributed by atoms with Gasteiger partial charge in [-0.3, -0.25) is 29.6 Å². The number of unbranched alkanes of at least 4 members (excludes halogenated alkanes) is 4. The van der Waals surface area contributed by atoms with Crippen LogP contribution in [0.1, 0.15) is 77.3 Å². The normalized spacial score (nSPS) is 11.4. The maximum atomic E-state index is 13.2. The standard InChI is InChI=1S/C36H54N6O6.2BrH/c1-5-41(6-2,29-31-19-11-13-21-33(31)39(45)46)27-17-9-15-24-37-26-23-35(43)38(36(37)44)25-16-10-18-28-42(7-3,8-4)30-32-20-12-14-22-34(32)40(47)48;;/h11-14,19-23,26H,5-10,15-18,24-25,27-30H2,1-4H3;2*1H/q+2;;/p-2. The van der Waals surface area contributed by atoms with Gasteiger partial charge in [-0.25, -0.2) is 4.79 Å². The van der Waals surface area contributed by atoms with Crippen LogP contribution in [0.2, 0.25) is 0 Å². The van der Waals surface area contributed by atoms with E-state index in [1.165, 1.54) is 10.6 Å². The SMILES string of the molecule is CC[N+](CC)(CCCCCn1ccc(=O)n(CCCCC[N+](CC)(CC)Cc2ccccc2[N+](=O)[O-])c1=O)Cc1ccccc1[N+](=O)[O-].[Br-].[Br-]. The van der Waals surface area contributed by atoms with Crippen LogP contribution < -0.4 is 45.2 Å². The largest absolute Gasteiger partial charge is 1.00 e. The predicted molar refractivity (Wildman–Crippen MR) is 189 cm³/mol. The Hall–Kier alpha value is -3.20. The van der Waals surface area contributed by atoms with Gasteiger partial charge in [0.15, 0.2) is 0 Å². The molecule has 0 atom stereocenters. The molecule has 12 nitrogen and oxygen atoms in total. The summed E-state index contributed by atoms with van der Waals surface area (Å²) in [5.74, 6) is 0. The summed E-state index contributed by atoms with van der Waals surface area (Å²) in [5.41, 5.74) is 1.26.